The topological polar surface area (TPSA) is 20.3 Å². The van der Waals surface area contributed by atoms with Crippen LogP contribution < -0.4 is 0 Å². The Morgan fingerprint density at radius 2 is 1.95 bits per heavy atom. The summed E-state index contributed by atoms with van der Waals surface area (Å²) in [5.41, 5.74) is 1.17. The molecule has 0 fully saturated rings. The summed E-state index contributed by atoms with van der Waals surface area (Å²) in [4.78, 5) is 13.0. The van der Waals surface area contributed by atoms with Gasteiger partial charge in [0, 0.05) is 10.5 Å². The number of halogens is 4. The quantitative estimate of drug-likeness (QED) is 0.810. The first-order chi connectivity index (χ1) is 8.61. The van der Waals surface area contributed by atoms with Crippen LogP contribution in [0.25, 0.3) is 0 Å². The predicted octanol–water partition coefficient (Wildman–Crippen LogP) is 4.17. The third kappa shape index (κ3) is 4.53. The Morgan fingerprint density at radius 3 is 2.37 bits per heavy atom. The SMILES string of the molecule is Cc1ccc(C(=O)N(CC(F)(F)F)C(C)C)c(Br)c1. The van der Waals surface area contributed by atoms with Crippen LogP contribution in [0.4, 0.5) is 13.2 Å². The van der Waals surface area contributed by atoms with Crippen LogP contribution in [-0.4, -0.2) is 29.6 Å². The Hall–Kier alpha value is -1.04. The Bertz CT molecular complexity index is 471. The van der Waals surface area contributed by atoms with Gasteiger partial charge in [-0.1, -0.05) is 6.07 Å². The van der Waals surface area contributed by atoms with Crippen molar-refractivity contribution in [3.8, 4) is 0 Å². The molecule has 0 saturated carbocycles. The van der Waals surface area contributed by atoms with Crippen LogP contribution in [0.5, 0.6) is 0 Å². The molecular formula is C13H15BrF3NO. The Balaban J connectivity index is 3.06. The van der Waals surface area contributed by atoms with Crippen molar-refractivity contribution in [2.75, 3.05) is 6.54 Å². The largest absolute Gasteiger partial charge is 0.406 e. The van der Waals surface area contributed by atoms with Crippen molar-refractivity contribution in [1.29, 1.82) is 0 Å². The Labute approximate surface area is 118 Å². The molecule has 106 valence electrons. The van der Waals surface area contributed by atoms with Crippen molar-refractivity contribution in [3.63, 3.8) is 0 Å². The van der Waals surface area contributed by atoms with Gasteiger partial charge in [-0.3, -0.25) is 4.79 Å². The second kappa shape index (κ2) is 5.94. The molecular weight excluding hydrogens is 323 g/mol. The molecule has 2 nitrogen and oxygen atoms in total. The number of aryl methyl sites for hydroxylation is 1. The van der Waals surface area contributed by atoms with Gasteiger partial charge in [-0.15, -0.1) is 0 Å². The normalized spacial score (nSPS) is 11.8. The molecule has 6 heteroatoms. The zero-order valence-electron chi connectivity index (χ0n) is 10.9. The summed E-state index contributed by atoms with van der Waals surface area (Å²) in [6.45, 7) is 3.72. The molecule has 0 bridgehead atoms. The molecule has 0 aliphatic rings. The second-order valence-electron chi connectivity index (χ2n) is 4.63. The molecule has 0 N–H and O–H groups in total. The van der Waals surface area contributed by atoms with Gasteiger partial charge >= 0.3 is 6.18 Å². The van der Waals surface area contributed by atoms with Crippen LogP contribution in [0.1, 0.15) is 29.8 Å². The van der Waals surface area contributed by atoms with E-state index in [2.05, 4.69) is 15.9 Å². The summed E-state index contributed by atoms with van der Waals surface area (Å²) < 4.78 is 38.0. The van der Waals surface area contributed by atoms with Crippen molar-refractivity contribution in [1.82, 2.24) is 4.90 Å². The average Bonchev–Trinajstić information content (AvgIpc) is 2.23. The van der Waals surface area contributed by atoms with Gasteiger partial charge in [0.15, 0.2) is 0 Å². The van der Waals surface area contributed by atoms with Crippen molar-refractivity contribution in [3.05, 3.63) is 33.8 Å². The van der Waals surface area contributed by atoms with Gasteiger partial charge in [0.05, 0.1) is 5.56 Å². The summed E-state index contributed by atoms with van der Waals surface area (Å²) in [6, 6.07) is 4.42. The van der Waals surface area contributed by atoms with E-state index in [0.29, 0.717) is 4.47 Å². The fourth-order valence-corrected chi connectivity index (χ4v) is 2.29. The molecule has 0 heterocycles. The van der Waals surface area contributed by atoms with Crippen molar-refractivity contribution < 1.29 is 18.0 Å². The van der Waals surface area contributed by atoms with E-state index in [-0.39, 0.29) is 5.56 Å². The molecule has 0 saturated heterocycles. The number of benzene rings is 1. The first-order valence-corrected chi connectivity index (χ1v) is 6.55. The number of carbonyl (C=O) groups excluding carboxylic acids is 1. The monoisotopic (exact) mass is 337 g/mol. The van der Waals surface area contributed by atoms with Gasteiger partial charge in [-0.05, 0) is 54.4 Å². The van der Waals surface area contributed by atoms with Crippen LogP contribution in [0, 0.1) is 6.92 Å². The molecule has 0 aliphatic carbocycles. The highest BCUT2D eigenvalue weighted by atomic mass is 79.9. The van der Waals surface area contributed by atoms with Crippen LogP contribution in [0.2, 0.25) is 0 Å². The molecule has 0 spiro atoms. The smallest absolute Gasteiger partial charge is 0.327 e. The van der Waals surface area contributed by atoms with Gasteiger partial charge in [-0.25, -0.2) is 0 Å². The average molecular weight is 338 g/mol. The first kappa shape index (κ1) is 16.0. The number of alkyl halides is 3. The number of hydrogen-bond donors (Lipinski definition) is 0. The zero-order valence-corrected chi connectivity index (χ0v) is 12.5. The van der Waals surface area contributed by atoms with E-state index in [1.807, 2.05) is 6.92 Å². The van der Waals surface area contributed by atoms with Crippen LogP contribution in [0.15, 0.2) is 22.7 Å². The molecule has 0 aromatic heterocycles. The minimum atomic E-state index is -4.41. The summed E-state index contributed by atoms with van der Waals surface area (Å²) in [6.07, 6.45) is -4.41. The second-order valence-corrected chi connectivity index (χ2v) is 5.48. The van der Waals surface area contributed by atoms with Crippen molar-refractivity contribution in [2.45, 2.75) is 33.0 Å². The number of rotatable bonds is 3. The lowest BCUT2D eigenvalue weighted by atomic mass is 10.1. The summed E-state index contributed by atoms with van der Waals surface area (Å²) >= 11 is 3.22. The molecule has 0 atom stereocenters. The molecule has 0 aliphatic heterocycles. The molecule has 1 amide bonds. The molecule has 1 rings (SSSR count). The van der Waals surface area contributed by atoms with Crippen LogP contribution >= 0.6 is 15.9 Å². The predicted molar refractivity (Wildman–Crippen MR) is 71.1 cm³/mol. The van der Waals surface area contributed by atoms with E-state index >= 15 is 0 Å². The van der Waals surface area contributed by atoms with E-state index in [9.17, 15) is 18.0 Å². The van der Waals surface area contributed by atoms with Crippen LogP contribution in [-0.2, 0) is 0 Å². The lowest BCUT2D eigenvalue weighted by Gasteiger charge is -2.28. The van der Waals surface area contributed by atoms with E-state index in [1.54, 1.807) is 26.0 Å². The van der Waals surface area contributed by atoms with Gasteiger partial charge in [0.25, 0.3) is 5.91 Å². The number of nitrogens with zero attached hydrogens (tertiary/aromatic N) is 1. The lowest BCUT2D eigenvalue weighted by Crippen LogP contribution is -2.43. The van der Waals surface area contributed by atoms with Gasteiger partial charge < -0.3 is 4.90 Å². The van der Waals surface area contributed by atoms with Crippen molar-refractivity contribution in [2.24, 2.45) is 0 Å². The lowest BCUT2D eigenvalue weighted by molar-refractivity contribution is -0.143. The number of amides is 1. The molecule has 1 aromatic carbocycles. The highest BCUT2D eigenvalue weighted by Gasteiger charge is 2.34. The maximum Gasteiger partial charge on any atom is 0.406 e. The zero-order chi connectivity index (χ0) is 14.8. The number of hydrogen-bond acceptors (Lipinski definition) is 1. The standard InChI is InChI=1S/C13H15BrF3NO/c1-8(2)18(7-13(15,16)17)12(19)10-5-4-9(3)6-11(10)14/h4-6,8H,7H2,1-3H3. The maximum absolute atomic E-state index is 12.5. The highest BCUT2D eigenvalue weighted by Crippen LogP contribution is 2.24. The molecule has 19 heavy (non-hydrogen) atoms. The van der Waals surface area contributed by atoms with Gasteiger partial charge in [-0.2, -0.15) is 13.2 Å². The summed E-state index contributed by atoms with van der Waals surface area (Å²) in [7, 11) is 0. The summed E-state index contributed by atoms with van der Waals surface area (Å²) in [5, 5.41) is 0. The van der Waals surface area contributed by atoms with E-state index in [1.165, 1.54) is 6.07 Å². The minimum absolute atomic E-state index is 0.239. The van der Waals surface area contributed by atoms with E-state index < -0.39 is 24.7 Å². The number of carbonyl (C=O) groups is 1. The maximum atomic E-state index is 12.5. The minimum Gasteiger partial charge on any atom is -0.327 e. The fourth-order valence-electron chi connectivity index (χ4n) is 1.63. The Kier molecular flexibility index (Phi) is 5.01. The third-order valence-corrected chi connectivity index (χ3v) is 3.24. The van der Waals surface area contributed by atoms with E-state index in [4.69, 9.17) is 0 Å². The van der Waals surface area contributed by atoms with Gasteiger partial charge in [0.2, 0.25) is 0 Å². The third-order valence-electron chi connectivity index (χ3n) is 2.59. The summed E-state index contributed by atoms with van der Waals surface area (Å²) in [5.74, 6) is -0.626. The highest BCUT2D eigenvalue weighted by molar-refractivity contribution is 9.10. The Morgan fingerprint density at radius 1 is 1.37 bits per heavy atom. The van der Waals surface area contributed by atoms with Crippen molar-refractivity contribution >= 4 is 21.8 Å². The molecule has 0 unspecified atom stereocenters. The fraction of sp³-hybridized carbons (Fsp3) is 0.462. The molecule has 0 radical (unpaired) electrons. The van der Waals surface area contributed by atoms with Gasteiger partial charge in [0.1, 0.15) is 6.54 Å². The van der Waals surface area contributed by atoms with Crippen LogP contribution in [0.3, 0.4) is 0 Å². The van der Waals surface area contributed by atoms with E-state index in [0.717, 1.165) is 10.5 Å². The first-order valence-electron chi connectivity index (χ1n) is 5.75. The molecule has 1 aromatic rings.